The normalized spacial score (nSPS) is 33.0. The summed E-state index contributed by atoms with van der Waals surface area (Å²) in [5.74, 6) is 0.686. The highest BCUT2D eigenvalue weighted by molar-refractivity contribution is 5.00. The lowest BCUT2D eigenvalue weighted by molar-refractivity contribution is -0.0888. The number of hydrogen-bond acceptors (Lipinski definition) is 2. The second kappa shape index (κ2) is 1.70. The van der Waals surface area contributed by atoms with E-state index >= 15 is 0 Å². The van der Waals surface area contributed by atoms with Gasteiger partial charge in [0.2, 0.25) is 0 Å². The van der Waals surface area contributed by atoms with E-state index in [1.165, 1.54) is 19.3 Å². The smallest absolute Gasteiger partial charge is 0.0534 e. The first-order valence-corrected chi connectivity index (χ1v) is 3.68. The van der Waals surface area contributed by atoms with E-state index in [1.54, 1.807) is 0 Å². The number of ether oxygens (including phenoxy) is 1. The van der Waals surface area contributed by atoms with E-state index < -0.39 is 0 Å². The molecule has 0 radical (unpaired) electrons. The second-order valence-corrected chi connectivity index (χ2v) is 3.32. The van der Waals surface area contributed by atoms with Crippen LogP contribution in [0.25, 0.3) is 0 Å². The molecule has 2 aliphatic rings. The van der Waals surface area contributed by atoms with Crippen molar-refractivity contribution in [3.63, 3.8) is 0 Å². The predicted octanol–water partition coefficient (Wildman–Crippen LogP) is 0.514. The molecule has 2 nitrogen and oxygen atoms in total. The molecule has 0 aromatic rings. The van der Waals surface area contributed by atoms with Gasteiger partial charge in [-0.2, -0.15) is 0 Å². The Morgan fingerprint density at radius 3 is 2.11 bits per heavy atom. The fourth-order valence-electron chi connectivity index (χ4n) is 1.56. The fraction of sp³-hybridized carbons (Fsp3) is 1.00. The maximum Gasteiger partial charge on any atom is 0.0534 e. The average molecular weight is 127 g/mol. The summed E-state index contributed by atoms with van der Waals surface area (Å²) in [7, 11) is 0. The SMILES string of the molecule is NC1(C2COC2)CCC1. The zero-order chi connectivity index (χ0) is 6.32. The van der Waals surface area contributed by atoms with Crippen LogP contribution in [-0.2, 0) is 4.74 Å². The van der Waals surface area contributed by atoms with Gasteiger partial charge in [0.15, 0.2) is 0 Å². The van der Waals surface area contributed by atoms with E-state index in [0.29, 0.717) is 5.92 Å². The van der Waals surface area contributed by atoms with Crippen LogP contribution in [-0.4, -0.2) is 18.8 Å². The van der Waals surface area contributed by atoms with Gasteiger partial charge in [0.1, 0.15) is 0 Å². The van der Waals surface area contributed by atoms with E-state index in [2.05, 4.69) is 0 Å². The molecule has 0 aromatic heterocycles. The Balaban J connectivity index is 1.94. The number of rotatable bonds is 1. The Hall–Kier alpha value is -0.0800. The van der Waals surface area contributed by atoms with Gasteiger partial charge < -0.3 is 10.5 Å². The third-order valence-corrected chi connectivity index (χ3v) is 2.74. The van der Waals surface area contributed by atoms with E-state index in [9.17, 15) is 0 Å². The van der Waals surface area contributed by atoms with Crippen molar-refractivity contribution < 1.29 is 4.74 Å². The summed E-state index contributed by atoms with van der Waals surface area (Å²) in [6.07, 6.45) is 3.77. The molecule has 1 aliphatic heterocycles. The van der Waals surface area contributed by atoms with Crippen LogP contribution in [0.2, 0.25) is 0 Å². The van der Waals surface area contributed by atoms with Crippen LogP contribution in [0.3, 0.4) is 0 Å². The first-order valence-electron chi connectivity index (χ1n) is 3.68. The number of hydrogen-bond donors (Lipinski definition) is 1. The first kappa shape index (κ1) is 5.69. The van der Waals surface area contributed by atoms with Gasteiger partial charge in [-0.05, 0) is 19.3 Å². The zero-order valence-electron chi connectivity index (χ0n) is 5.60. The predicted molar refractivity (Wildman–Crippen MR) is 35.1 cm³/mol. The van der Waals surface area contributed by atoms with E-state index in [4.69, 9.17) is 10.5 Å². The van der Waals surface area contributed by atoms with Crippen LogP contribution in [0.15, 0.2) is 0 Å². The average Bonchev–Trinajstić information content (AvgIpc) is 1.56. The topological polar surface area (TPSA) is 35.2 Å². The third kappa shape index (κ3) is 0.700. The standard InChI is InChI=1S/C7H13NO/c8-7(2-1-3-7)6-4-9-5-6/h6H,1-5,8H2. The van der Waals surface area contributed by atoms with Crippen LogP contribution in [0.1, 0.15) is 19.3 Å². The molecule has 2 heteroatoms. The Kier molecular flexibility index (Phi) is 1.08. The van der Waals surface area contributed by atoms with Crippen LogP contribution in [0, 0.1) is 5.92 Å². The van der Waals surface area contributed by atoms with Crippen LogP contribution < -0.4 is 5.73 Å². The summed E-state index contributed by atoms with van der Waals surface area (Å²) in [6.45, 7) is 1.83. The molecule has 2 N–H and O–H groups in total. The van der Waals surface area contributed by atoms with Crippen molar-refractivity contribution in [2.75, 3.05) is 13.2 Å². The van der Waals surface area contributed by atoms with Gasteiger partial charge in [-0.3, -0.25) is 0 Å². The zero-order valence-corrected chi connectivity index (χ0v) is 5.60. The van der Waals surface area contributed by atoms with Gasteiger partial charge in [-0.25, -0.2) is 0 Å². The highest BCUT2D eigenvalue weighted by atomic mass is 16.5. The van der Waals surface area contributed by atoms with Gasteiger partial charge >= 0.3 is 0 Å². The molecule has 0 unspecified atom stereocenters. The third-order valence-electron chi connectivity index (χ3n) is 2.74. The quantitative estimate of drug-likeness (QED) is 0.557. The maximum absolute atomic E-state index is 6.03. The fourth-order valence-corrected chi connectivity index (χ4v) is 1.56. The molecule has 1 saturated carbocycles. The molecule has 2 rings (SSSR count). The monoisotopic (exact) mass is 127 g/mol. The molecule has 0 aromatic carbocycles. The Bertz CT molecular complexity index is 116. The summed E-state index contributed by atoms with van der Waals surface area (Å²) >= 11 is 0. The molecular weight excluding hydrogens is 114 g/mol. The number of nitrogens with two attached hydrogens (primary N) is 1. The van der Waals surface area contributed by atoms with Crippen molar-refractivity contribution in [3.8, 4) is 0 Å². The summed E-state index contributed by atoms with van der Waals surface area (Å²) in [5, 5.41) is 0. The van der Waals surface area contributed by atoms with Gasteiger partial charge in [-0.1, -0.05) is 0 Å². The summed E-state index contributed by atoms with van der Waals surface area (Å²) < 4.78 is 5.08. The molecule has 0 bridgehead atoms. The molecule has 2 fully saturated rings. The molecule has 0 spiro atoms. The van der Waals surface area contributed by atoms with Crippen molar-refractivity contribution in [2.24, 2.45) is 11.7 Å². The molecule has 1 aliphatic carbocycles. The maximum atomic E-state index is 6.03. The van der Waals surface area contributed by atoms with Crippen LogP contribution in [0.4, 0.5) is 0 Å². The summed E-state index contributed by atoms with van der Waals surface area (Å²) in [6, 6.07) is 0. The molecule has 0 amide bonds. The lowest BCUT2D eigenvalue weighted by atomic mass is 9.68. The van der Waals surface area contributed by atoms with E-state index in [-0.39, 0.29) is 5.54 Å². The lowest BCUT2D eigenvalue weighted by Crippen LogP contribution is -2.59. The van der Waals surface area contributed by atoms with Crippen molar-refractivity contribution in [2.45, 2.75) is 24.8 Å². The Morgan fingerprint density at radius 2 is 2.00 bits per heavy atom. The van der Waals surface area contributed by atoms with Crippen molar-refractivity contribution in [3.05, 3.63) is 0 Å². The molecule has 0 atom stereocenters. The Labute approximate surface area is 55.4 Å². The molecule has 52 valence electrons. The van der Waals surface area contributed by atoms with Gasteiger partial charge in [-0.15, -0.1) is 0 Å². The minimum atomic E-state index is 0.193. The van der Waals surface area contributed by atoms with Crippen LogP contribution in [0.5, 0.6) is 0 Å². The van der Waals surface area contributed by atoms with Gasteiger partial charge in [0.05, 0.1) is 13.2 Å². The minimum absolute atomic E-state index is 0.193. The van der Waals surface area contributed by atoms with Crippen molar-refractivity contribution >= 4 is 0 Å². The van der Waals surface area contributed by atoms with E-state index in [0.717, 1.165) is 13.2 Å². The molecule has 9 heavy (non-hydrogen) atoms. The lowest BCUT2D eigenvalue weighted by Gasteiger charge is -2.48. The highest BCUT2D eigenvalue weighted by Gasteiger charge is 2.43. The first-order chi connectivity index (χ1) is 4.31. The summed E-state index contributed by atoms with van der Waals surface area (Å²) in [5.41, 5.74) is 6.22. The van der Waals surface area contributed by atoms with Gasteiger partial charge in [0, 0.05) is 11.5 Å². The van der Waals surface area contributed by atoms with E-state index in [1.807, 2.05) is 0 Å². The van der Waals surface area contributed by atoms with Crippen molar-refractivity contribution in [1.82, 2.24) is 0 Å². The minimum Gasteiger partial charge on any atom is -0.381 e. The Morgan fingerprint density at radius 1 is 1.33 bits per heavy atom. The van der Waals surface area contributed by atoms with Gasteiger partial charge in [0.25, 0.3) is 0 Å². The molecule has 1 heterocycles. The molecule has 1 saturated heterocycles. The highest BCUT2D eigenvalue weighted by Crippen LogP contribution is 2.38. The largest absolute Gasteiger partial charge is 0.381 e. The molecular formula is C7H13NO. The van der Waals surface area contributed by atoms with Crippen molar-refractivity contribution in [1.29, 1.82) is 0 Å². The van der Waals surface area contributed by atoms with Crippen LogP contribution >= 0.6 is 0 Å². The summed E-state index contributed by atoms with van der Waals surface area (Å²) in [4.78, 5) is 0. The second-order valence-electron chi connectivity index (χ2n) is 3.32.